The normalized spacial score (nSPS) is 17.2. The van der Waals surface area contributed by atoms with E-state index >= 15 is 0 Å². The van der Waals surface area contributed by atoms with Crippen LogP contribution in [0, 0.1) is 0 Å². The van der Waals surface area contributed by atoms with Crippen molar-refractivity contribution in [2.75, 3.05) is 13.7 Å². The van der Waals surface area contributed by atoms with Gasteiger partial charge in [0.05, 0.1) is 7.11 Å². The van der Waals surface area contributed by atoms with Crippen LogP contribution in [0.5, 0.6) is 0 Å². The van der Waals surface area contributed by atoms with Crippen LogP contribution in [-0.4, -0.2) is 30.4 Å². The molecule has 1 aromatic carbocycles. The molecule has 0 saturated heterocycles. The number of carbonyl (C=O) groups excluding carboxylic acids is 2. The van der Waals surface area contributed by atoms with Gasteiger partial charge in [-0.25, -0.2) is 4.79 Å². The Labute approximate surface area is 127 Å². The Morgan fingerprint density at radius 1 is 1.24 bits per heavy atom. The van der Waals surface area contributed by atoms with Crippen LogP contribution in [-0.2, 0) is 16.0 Å². The number of thiophene rings is 1. The quantitative estimate of drug-likeness (QED) is 0.801. The molecule has 3 rings (SSSR count). The molecule has 2 aromatic rings. The molecule has 4 nitrogen and oxygen atoms in total. The van der Waals surface area contributed by atoms with Gasteiger partial charge in [-0.1, -0.05) is 18.2 Å². The van der Waals surface area contributed by atoms with E-state index < -0.39 is 12.0 Å². The molecule has 1 amide bonds. The first-order valence-corrected chi connectivity index (χ1v) is 7.60. The lowest BCUT2D eigenvalue weighted by Crippen LogP contribution is -2.43. The van der Waals surface area contributed by atoms with E-state index in [1.165, 1.54) is 7.11 Å². The van der Waals surface area contributed by atoms with Gasteiger partial charge in [-0.05, 0) is 35.6 Å². The minimum atomic E-state index is -0.641. The fraction of sp³-hybridized carbons (Fsp3) is 0.250. The van der Waals surface area contributed by atoms with Gasteiger partial charge in [-0.2, -0.15) is 0 Å². The summed E-state index contributed by atoms with van der Waals surface area (Å²) in [5, 5.41) is 1.96. The van der Waals surface area contributed by atoms with Crippen LogP contribution in [0.3, 0.4) is 0 Å². The van der Waals surface area contributed by atoms with Crippen LogP contribution in [0.2, 0.25) is 0 Å². The van der Waals surface area contributed by atoms with E-state index in [0.717, 1.165) is 16.9 Å². The van der Waals surface area contributed by atoms with Crippen molar-refractivity contribution in [2.24, 2.45) is 0 Å². The zero-order chi connectivity index (χ0) is 14.8. The molecule has 1 atom stereocenters. The van der Waals surface area contributed by atoms with E-state index in [4.69, 9.17) is 4.74 Å². The lowest BCUT2D eigenvalue weighted by atomic mass is 9.99. The van der Waals surface area contributed by atoms with E-state index in [-0.39, 0.29) is 5.91 Å². The molecule has 108 valence electrons. The highest BCUT2D eigenvalue weighted by Crippen LogP contribution is 2.34. The van der Waals surface area contributed by atoms with E-state index in [2.05, 4.69) is 0 Å². The summed E-state index contributed by atoms with van der Waals surface area (Å²) >= 11 is 1.62. The molecule has 1 aliphatic rings. The standard InChI is InChI=1S/C16H15NO3S/c1-20-16(19)14-12-8-10-21-13(12)7-9-17(14)15(18)11-5-3-2-4-6-11/h2-6,8,10,14H,7,9H2,1H3. The maximum absolute atomic E-state index is 12.7. The molecule has 1 aliphatic heterocycles. The molecular formula is C16H15NO3S. The number of ether oxygens (including phenoxy) is 1. The average Bonchev–Trinajstić information content (AvgIpc) is 3.01. The summed E-state index contributed by atoms with van der Waals surface area (Å²) in [6, 6.07) is 10.3. The predicted octanol–water partition coefficient (Wildman–Crippen LogP) is 2.66. The van der Waals surface area contributed by atoms with Crippen molar-refractivity contribution in [1.82, 2.24) is 4.90 Å². The molecular weight excluding hydrogens is 286 g/mol. The molecule has 5 heteroatoms. The molecule has 0 fully saturated rings. The number of benzene rings is 1. The monoisotopic (exact) mass is 301 g/mol. The summed E-state index contributed by atoms with van der Waals surface area (Å²) in [5.74, 6) is -0.526. The van der Waals surface area contributed by atoms with Crippen LogP contribution < -0.4 is 0 Å². The fourth-order valence-electron chi connectivity index (χ4n) is 2.65. The first-order valence-electron chi connectivity index (χ1n) is 6.72. The van der Waals surface area contributed by atoms with Crippen LogP contribution in [0.4, 0.5) is 0 Å². The number of hydrogen-bond donors (Lipinski definition) is 0. The highest BCUT2D eigenvalue weighted by Gasteiger charge is 2.37. The molecule has 1 unspecified atom stereocenters. The van der Waals surface area contributed by atoms with Crippen molar-refractivity contribution >= 4 is 23.2 Å². The number of nitrogens with zero attached hydrogens (tertiary/aromatic N) is 1. The Balaban J connectivity index is 1.98. The molecule has 0 aliphatic carbocycles. The van der Waals surface area contributed by atoms with E-state index in [9.17, 15) is 9.59 Å². The summed E-state index contributed by atoms with van der Waals surface area (Å²) in [5.41, 5.74) is 1.48. The van der Waals surface area contributed by atoms with E-state index in [1.54, 1.807) is 28.4 Å². The van der Waals surface area contributed by atoms with Gasteiger partial charge in [0, 0.05) is 17.0 Å². The van der Waals surface area contributed by atoms with Crippen molar-refractivity contribution in [1.29, 1.82) is 0 Å². The summed E-state index contributed by atoms with van der Waals surface area (Å²) < 4.78 is 4.90. The third-order valence-electron chi connectivity index (χ3n) is 3.67. The summed E-state index contributed by atoms with van der Waals surface area (Å²) in [6.45, 7) is 0.529. The summed E-state index contributed by atoms with van der Waals surface area (Å²) in [7, 11) is 1.36. The number of esters is 1. The van der Waals surface area contributed by atoms with Crippen molar-refractivity contribution in [3.63, 3.8) is 0 Å². The molecule has 0 radical (unpaired) electrons. The van der Waals surface area contributed by atoms with Crippen LogP contribution in [0.15, 0.2) is 41.8 Å². The molecule has 0 saturated carbocycles. The third-order valence-corrected chi connectivity index (χ3v) is 4.67. The van der Waals surface area contributed by atoms with Gasteiger partial charge in [-0.15, -0.1) is 11.3 Å². The number of amides is 1. The highest BCUT2D eigenvalue weighted by atomic mass is 32.1. The topological polar surface area (TPSA) is 46.6 Å². The maximum atomic E-state index is 12.7. The van der Waals surface area contributed by atoms with Gasteiger partial charge in [0.25, 0.3) is 5.91 Å². The Hall–Kier alpha value is -2.14. The second-order valence-electron chi connectivity index (χ2n) is 4.84. The Bertz CT molecular complexity index is 665. The predicted molar refractivity (Wildman–Crippen MR) is 80.3 cm³/mol. The molecule has 2 heterocycles. The fourth-order valence-corrected chi connectivity index (χ4v) is 3.55. The molecule has 21 heavy (non-hydrogen) atoms. The van der Waals surface area contributed by atoms with Crippen LogP contribution in [0.1, 0.15) is 26.8 Å². The minimum Gasteiger partial charge on any atom is -0.467 e. The zero-order valence-corrected chi connectivity index (χ0v) is 12.4. The largest absolute Gasteiger partial charge is 0.467 e. The Morgan fingerprint density at radius 3 is 2.71 bits per heavy atom. The van der Waals surface area contributed by atoms with Crippen LogP contribution >= 0.6 is 11.3 Å². The van der Waals surface area contributed by atoms with Gasteiger partial charge < -0.3 is 9.64 Å². The number of carbonyl (C=O) groups is 2. The lowest BCUT2D eigenvalue weighted by molar-refractivity contribution is -0.146. The summed E-state index contributed by atoms with van der Waals surface area (Å²) in [6.07, 6.45) is 0.777. The number of fused-ring (bicyclic) bond motifs is 1. The second kappa shape index (κ2) is 5.69. The number of rotatable bonds is 2. The number of methoxy groups -OCH3 is 1. The first-order chi connectivity index (χ1) is 10.2. The Morgan fingerprint density at radius 2 is 2.00 bits per heavy atom. The van der Waals surface area contributed by atoms with Gasteiger partial charge in [-0.3, -0.25) is 4.79 Å². The molecule has 1 aromatic heterocycles. The van der Waals surface area contributed by atoms with Crippen molar-refractivity contribution < 1.29 is 14.3 Å². The minimum absolute atomic E-state index is 0.136. The van der Waals surface area contributed by atoms with Gasteiger partial charge in [0.2, 0.25) is 0 Å². The second-order valence-corrected chi connectivity index (χ2v) is 5.84. The van der Waals surface area contributed by atoms with Gasteiger partial charge in [0.15, 0.2) is 6.04 Å². The SMILES string of the molecule is COC(=O)C1c2ccsc2CCN1C(=O)c1ccccc1. The number of hydrogen-bond acceptors (Lipinski definition) is 4. The van der Waals surface area contributed by atoms with Crippen molar-refractivity contribution in [3.8, 4) is 0 Å². The highest BCUT2D eigenvalue weighted by molar-refractivity contribution is 7.10. The van der Waals surface area contributed by atoms with Crippen LogP contribution in [0.25, 0.3) is 0 Å². The third kappa shape index (κ3) is 2.45. The molecule has 0 bridgehead atoms. The Kier molecular flexibility index (Phi) is 3.75. The van der Waals surface area contributed by atoms with E-state index in [0.29, 0.717) is 12.1 Å². The van der Waals surface area contributed by atoms with Crippen molar-refractivity contribution in [2.45, 2.75) is 12.5 Å². The lowest BCUT2D eigenvalue weighted by Gasteiger charge is -2.34. The maximum Gasteiger partial charge on any atom is 0.333 e. The molecule has 0 spiro atoms. The average molecular weight is 301 g/mol. The zero-order valence-electron chi connectivity index (χ0n) is 11.6. The summed E-state index contributed by atoms with van der Waals surface area (Å²) in [4.78, 5) is 27.6. The molecule has 0 N–H and O–H groups in total. The van der Waals surface area contributed by atoms with Gasteiger partial charge >= 0.3 is 5.97 Å². The van der Waals surface area contributed by atoms with Gasteiger partial charge in [0.1, 0.15) is 0 Å². The van der Waals surface area contributed by atoms with E-state index in [1.807, 2.05) is 29.6 Å². The first kappa shape index (κ1) is 13.8. The van der Waals surface area contributed by atoms with Crippen molar-refractivity contribution in [3.05, 3.63) is 57.8 Å². The smallest absolute Gasteiger partial charge is 0.333 e.